The van der Waals surface area contributed by atoms with Gasteiger partial charge in [0.2, 0.25) is 5.91 Å². The molecule has 0 bridgehead atoms. The Bertz CT molecular complexity index is 806. The van der Waals surface area contributed by atoms with Crippen molar-refractivity contribution in [2.24, 2.45) is 0 Å². The summed E-state index contributed by atoms with van der Waals surface area (Å²) in [4.78, 5) is 29.6. The molecule has 1 aromatic rings. The lowest BCUT2D eigenvalue weighted by atomic mass is 9.95. The summed E-state index contributed by atoms with van der Waals surface area (Å²) in [5.74, 6) is -0.0173. The van der Waals surface area contributed by atoms with Crippen LogP contribution in [-0.2, 0) is 19.0 Å². The van der Waals surface area contributed by atoms with Gasteiger partial charge in [0.05, 0.1) is 57.6 Å². The fourth-order valence-corrected chi connectivity index (χ4v) is 4.93. The van der Waals surface area contributed by atoms with Crippen LogP contribution >= 0.6 is 0 Å². The average Bonchev–Trinajstić information content (AvgIpc) is 2.86. The Morgan fingerprint density at radius 3 is 2.66 bits per heavy atom. The molecule has 0 spiro atoms. The van der Waals surface area contributed by atoms with Gasteiger partial charge in [-0.1, -0.05) is 18.2 Å². The molecule has 10 nitrogen and oxygen atoms in total. The molecule has 0 unspecified atom stereocenters. The van der Waals surface area contributed by atoms with Gasteiger partial charge in [0.15, 0.2) is 0 Å². The van der Waals surface area contributed by atoms with Gasteiger partial charge in [-0.2, -0.15) is 0 Å². The van der Waals surface area contributed by atoms with Gasteiger partial charge < -0.3 is 34.9 Å². The van der Waals surface area contributed by atoms with E-state index in [9.17, 15) is 14.7 Å². The van der Waals surface area contributed by atoms with E-state index in [1.807, 2.05) is 30.3 Å². The number of carbonyl (C=O) groups excluding carboxylic acids is 2. The number of nitrogens with one attached hydrogen (secondary N) is 2. The highest BCUT2D eigenvalue weighted by molar-refractivity contribution is 5.89. The number of nitrogens with zero attached hydrogens (tertiary/aromatic N) is 2. The SMILES string of the molecule is O=C(C[C@H]1CC[C@@H]2[C@H](COC[C@H](O)CN2C(=O)Nc2ccccc2)O1)NCCCN1CCOCC1. The van der Waals surface area contributed by atoms with Gasteiger partial charge in [0.1, 0.15) is 6.10 Å². The van der Waals surface area contributed by atoms with E-state index in [1.54, 1.807) is 4.90 Å². The lowest BCUT2D eigenvalue weighted by molar-refractivity contribution is -0.149. The molecule has 0 aromatic heterocycles. The van der Waals surface area contributed by atoms with Gasteiger partial charge in [-0.3, -0.25) is 9.69 Å². The predicted molar refractivity (Wildman–Crippen MR) is 130 cm³/mol. The maximum atomic E-state index is 13.1. The zero-order valence-corrected chi connectivity index (χ0v) is 20.3. The second kappa shape index (κ2) is 13.2. The Morgan fingerprint density at radius 2 is 1.86 bits per heavy atom. The number of para-hydroxylation sites is 1. The zero-order valence-electron chi connectivity index (χ0n) is 20.3. The Morgan fingerprint density at radius 1 is 1.06 bits per heavy atom. The third-order valence-corrected chi connectivity index (χ3v) is 6.76. The van der Waals surface area contributed by atoms with E-state index in [4.69, 9.17) is 14.2 Å². The van der Waals surface area contributed by atoms with Crippen molar-refractivity contribution < 1.29 is 28.9 Å². The largest absolute Gasteiger partial charge is 0.389 e. The number of urea groups is 1. The van der Waals surface area contributed by atoms with E-state index in [0.717, 1.165) is 39.3 Å². The summed E-state index contributed by atoms with van der Waals surface area (Å²) in [6, 6.07) is 8.75. The Hall–Kier alpha value is -2.24. The topological polar surface area (TPSA) is 113 Å². The summed E-state index contributed by atoms with van der Waals surface area (Å²) >= 11 is 0. The maximum absolute atomic E-state index is 13.1. The van der Waals surface area contributed by atoms with Crippen molar-refractivity contribution in [2.45, 2.75) is 50.0 Å². The minimum absolute atomic E-state index is 0.0173. The second-order valence-electron chi connectivity index (χ2n) is 9.44. The highest BCUT2D eigenvalue weighted by atomic mass is 16.5. The van der Waals surface area contributed by atoms with E-state index in [1.165, 1.54) is 0 Å². The Kier molecular flexibility index (Phi) is 9.73. The number of ether oxygens (including phenoxy) is 3. The lowest BCUT2D eigenvalue weighted by Crippen LogP contribution is -2.58. The van der Waals surface area contributed by atoms with Crippen LogP contribution in [0.1, 0.15) is 25.7 Å². The number of hydrogen-bond donors (Lipinski definition) is 3. The fourth-order valence-electron chi connectivity index (χ4n) is 4.93. The first-order chi connectivity index (χ1) is 17.1. The molecule has 3 aliphatic heterocycles. The maximum Gasteiger partial charge on any atom is 0.322 e. The standard InChI is InChI=1S/C25H38N4O6/c30-20-16-29(25(32)27-19-5-2-1-3-6-19)22-8-7-21(35-23(22)18-34-17-20)15-24(31)26-9-4-10-28-11-13-33-14-12-28/h1-3,5-6,20-23,30H,4,7-18H2,(H,26,31)(H,27,32)/t20-,21-,22-,23+/m1/s1. The molecule has 3 aliphatic rings. The summed E-state index contributed by atoms with van der Waals surface area (Å²) < 4.78 is 17.3. The van der Waals surface area contributed by atoms with E-state index >= 15 is 0 Å². The van der Waals surface area contributed by atoms with Crippen LogP contribution in [0.5, 0.6) is 0 Å². The number of fused-ring (bicyclic) bond motifs is 1. The number of hydrogen-bond acceptors (Lipinski definition) is 7. The zero-order chi connectivity index (χ0) is 24.5. The number of aliphatic hydroxyl groups is 1. The summed E-state index contributed by atoms with van der Waals surface area (Å²) in [7, 11) is 0. The van der Waals surface area contributed by atoms with Gasteiger partial charge >= 0.3 is 6.03 Å². The molecule has 4 atom stereocenters. The number of anilines is 1. The first-order valence-corrected chi connectivity index (χ1v) is 12.7. The van der Waals surface area contributed by atoms with Crippen LogP contribution in [0, 0.1) is 0 Å². The van der Waals surface area contributed by atoms with Crippen molar-refractivity contribution in [3.63, 3.8) is 0 Å². The predicted octanol–water partition coefficient (Wildman–Crippen LogP) is 1.06. The summed E-state index contributed by atoms with van der Waals surface area (Å²) in [5.41, 5.74) is 0.696. The molecule has 4 rings (SSSR count). The number of aliphatic hydroxyl groups excluding tert-OH is 1. The van der Waals surface area contributed by atoms with Crippen molar-refractivity contribution in [3.8, 4) is 0 Å². The van der Waals surface area contributed by atoms with Gasteiger partial charge in [0.25, 0.3) is 0 Å². The highest BCUT2D eigenvalue weighted by Gasteiger charge is 2.40. The summed E-state index contributed by atoms with van der Waals surface area (Å²) in [6.45, 7) is 5.63. The van der Waals surface area contributed by atoms with E-state index in [0.29, 0.717) is 31.5 Å². The highest BCUT2D eigenvalue weighted by Crippen LogP contribution is 2.28. The van der Waals surface area contributed by atoms with Crippen LogP contribution in [0.2, 0.25) is 0 Å². The molecular formula is C25H38N4O6. The fraction of sp³-hybridized carbons (Fsp3) is 0.680. The first-order valence-electron chi connectivity index (χ1n) is 12.7. The Labute approximate surface area is 206 Å². The number of amides is 3. The molecule has 0 saturated carbocycles. The number of rotatable bonds is 7. The number of β-amino-alcohol motifs (C(OH)–C–C–N with tert-alkyl or cyclic N) is 1. The van der Waals surface area contributed by atoms with Crippen molar-refractivity contribution >= 4 is 17.6 Å². The molecule has 10 heteroatoms. The molecule has 3 fully saturated rings. The summed E-state index contributed by atoms with van der Waals surface area (Å²) in [5, 5.41) is 16.2. The quantitative estimate of drug-likeness (QED) is 0.490. The molecule has 0 aliphatic carbocycles. The molecule has 3 saturated heterocycles. The van der Waals surface area contributed by atoms with Crippen LogP contribution in [0.3, 0.4) is 0 Å². The van der Waals surface area contributed by atoms with Crippen molar-refractivity contribution in [1.82, 2.24) is 15.1 Å². The minimum Gasteiger partial charge on any atom is -0.389 e. The Balaban J connectivity index is 1.25. The minimum atomic E-state index is -0.765. The molecule has 35 heavy (non-hydrogen) atoms. The van der Waals surface area contributed by atoms with Crippen LogP contribution in [0.4, 0.5) is 10.5 Å². The monoisotopic (exact) mass is 490 g/mol. The van der Waals surface area contributed by atoms with Gasteiger partial charge in [-0.25, -0.2) is 4.79 Å². The normalized spacial score (nSPS) is 27.9. The molecule has 3 amide bonds. The van der Waals surface area contributed by atoms with Crippen molar-refractivity contribution in [3.05, 3.63) is 30.3 Å². The molecular weight excluding hydrogens is 452 g/mol. The van der Waals surface area contributed by atoms with E-state index in [-0.39, 0.29) is 49.9 Å². The number of carbonyl (C=O) groups is 2. The number of benzene rings is 1. The lowest BCUT2D eigenvalue weighted by Gasteiger charge is -2.44. The van der Waals surface area contributed by atoms with Crippen molar-refractivity contribution in [1.29, 1.82) is 0 Å². The van der Waals surface area contributed by atoms with Crippen LogP contribution in [0.15, 0.2) is 30.3 Å². The van der Waals surface area contributed by atoms with Crippen LogP contribution < -0.4 is 10.6 Å². The van der Waals surface area contributed by atoms with Crippen LogP contribution in [0.25, 0.3) is 0 Å². The van der Waals surface area contributed by atoms with Crippen LogP contribution in [-0.4, -0.2) is 110 Å². The molecule has 0 radical (unpaired) electrons. The third-order valence-electron chi connectivity index (χ3n) is 6.76. The van der Waals surface area contributed by atoms with Gasteiger partial charge in [0, 0.05) is 25.3 Å². The van der Waals surface area contributed by atoms with Crippen molar-refractivity contribution in [2.75, 3.05) is 64.5 Å². The molecule has 194 valence electrons. The third kappa shape index (κ3) is 7.88. The number of morpholine rings is 1. The average molecular weight is 491 g/mol. The van der Waals surface area contributed by atoms with Gasteiger partial charge in [-0.15, -0.1) is 0 Å². The smallest absolute Gasteiger partial charge is 0.322 e. The molecule has 3 heterocycles. The molecule has 3 N–H and O–H groups in total. The molecule has 1 aromatic carbocycles. The van der Waals surface area contributed by atoms with E-state index < -0.39 is 6.10 Å². The second-order valence-corrected chi connectivity index (χ2v) is 9.44. The van der Waals surface area contributed by atoms with E-state index in [2.05, 4.69) is 15.5 Å². The summed E-state index contributed by atoms with van der Waals surface area (Å²) in [6.07, 6.45) is 1.20. The van der Waals surface area contributed by atoms with Gasteiger partial charge in [-0.05, 0) is 37.9 Å². The first kappa shape index (κ1) is 25.8.